The molecule has 8 nitrogen and oxygen atoms in total. The van der Waals surface area contributed by atoms with Gasteiger partial charge >= 0.3 is 11.9 Å². The van der Waals surface area contributed by atoms with E-state index >= 15 is 0 Å². The molecule has 5 rings (SSSR count). The average molecular weight is 480 g/mol. The van der Waals surface area contributed by atoms with Crippen molar-refractivity contribution >= 4 is 11.0 Å². The van der Waals surface area contributed by atoms with E-state index in [1.807, 2.05) is 6.07 Å². The maximum absolute atomic E-state index is 13.0. The molecule has 0 saturated carbocycles. The number of aromatic nitrogens is 6. The fourth-order valence-corrected chi connectivity index (χ4v) is 3.84. The molecule has 0 aliphatic carbocycles. The van der Waals surface area contributed by atoms with E-state index in [9.17, 15) is 18.0 Å². The number of aromatic amines is 1. The summed E-state index contributed by atoms with van der Waals surface area (Å²) in [5.74, 6) is 0.689. The van der Waals surface area contributed by atoms with E-state index in [4.69, 9.17) is 4.74 Å². The van der Waals surface area contributed by atoms with Gasteiger partial charge in [-0.05, 0) is 17.7 Å². The molecule has 4 heterocycles. The summed E-state index contributed by atoms with van der Waals surface area (Å²) in [5, 5.41) is 0. The number of H-pyrrole nitrogens is 1. The first-order chi connectivity index (χ1) is 16.7. The minimum absolute atomic E-state index is 0.206. The van der Waals surface area contributed by atoms with Crippen LogP contribution in [-0.2, 0) is 19.8 Å². The van der Waals surface area contributed by atoms with Crippen LogP contribution in [0.3, 0.4) is 0 Å². The quantitative estimate of drug-likeness (QED) is 0.406. The number of benzene rings is 1. The molecule has 1 N–H and O–H groups in total. The second-order valence-corrected chi connectivity index (χ2v) is 7.95. The van der Waals surface area contributed by atoms with Gasteiger partial charge in [-0.1, -0.05) is 24.3 Å². The minimum atomic E-state index is -4.51. The van der Waals surface area contributed by atoms with Crippen molar-refractivity contribution < 1.29 is 17.9 Å². The largest absolute Gasteiger partial charge is 0.481 e. The van der Waals surface area contributed by atoms with Crippen LogP contribution in [0.5, 0.6) is 5.88 Å². The number of hydrogen-bond acceptors (Lipinski definition) is 5. The van der Waals surface area contributed by atoms with Crippen LogP contribution in [0.1, 0.15) is 11.3 Å². The number of ether oxygens (including phenoxy) is 1. The van der Waals surface area contributed by atoms with Gasteiger partial charge in [0.15, 0.2) is 5.69 Å². The van der Waals surface area contributed by atoms with Gasteiger partial charge in [-0.25, -0.2) is 14.8 Å². The number of fused-ring (bicyclic) bond motifs is 1. The summed E-state index contributed by atoms with van der Waals surface area (Å²) >= 11 is 0. The van der Waals surface area contributed by atoms with Crippen molar-refractivity contribution in [2.45, 2.75) is 12.7 Å². The van der Waals surface area contributed by atoms with Crippen LogP contribution in [0, 0.1) is 0 Å². The van der Waals surface area contributed by atoms with E-state index < -0.39 is 11.9 Å². The zero-order valence-electron chi connectivity index (χ0n) is 18.7. The van der Waals surface area contributed by atoms with Crippen LogP contribution >= 0.6 is 0 Å². The van der Waals surface area contributed by atoms with Gasteiger partial charge in [-0.2, -0.15) is 13.2 Å². The Balaban J connectivity index is 1.45. The molecule has 0 fully saturated rings. The number of methoxy groups -OCH3 is 1. The van der Waals surface area contributed by atoms with E-state index in [0.29, 0.717) is 28.2 Å². The van der Waals surface area contributed by atoms with Crippen molar-refractivity contribution in [2.24, 2.45) is 7.05 Å². The highest BCUT2D eigenvalue weighted by molar-refractivity contribution is 5.79. The van der Waals surface area contributed by atoms with Crippen LogP contribution in [0.2, 0.25) is 0 Å². The Kier molecular flexibility index (Phi) is 5.39. The van der Waals surface area contributed by atoms with Gasteiger partial charge < -0.3 is 14.3 Å². The molecular formula is C24H19F3N6O2. The fourth-order valence-electron chi connectivity index (χ4n) is 3.84. The van der Waals surface area contributed by atoms with Crippen LogP contribution in [-0.4, -0.2) is 36.2 Å². The van der Waals surface area contributed by atoms with E-state index in [2.05, 4.69) is 19.9 Å². The van der Waals surface area contributed by atoms with Gasteiger partial charge in [0.25, 0.3) is 0 Å². The highest BCUT2D eigenvalue weighted by atomic mass is 19.4. The fraction of sp³-hybridized carbons (Fsp3) is 0.167. The highest BCUT2D eigenvalue weighted by Gasteiger charge is 2.34. The summed E-state index contributed by atoms with van der Waals surface area (Å²) in [5.41, 5.74) is 2.76. The predicted molar refractivity (Wildman–Crippen MR) is 123 cm³/mol. The summed E-state index contributed by atoms with van der Waals surface area (Å²) in [6.07, 6.45) is -0.321. The number of pyridine rings is 2. The maximum atomic E-state index is 13.0. The molecule has 178 valence electrons. The summed E-state index contributed by atoms with van der Waals surface area (Å²) in [7, 11) is 3.05. The van der Waals surface area contributed by atoms with Crippen LogP contribution in [0.25, 0.3) is 33.7 Å². The minimum Gasteiger partial charge on any atom is -0.481 e. The van der Waals surface area contributed by atoms with Crippen molar-refractivity contribution in [2.75, 3.05) is 7.11 Å². The van der Waals surface area contributed by atoms with Crippen LogP contribution in [0.15, 0.2) is 65.8 Å². The maximum Gasteiger partial charge on any atom is 0.434 e. The molecule has 4 aromatic heterocycles. The van der Waals surface area contributed by atoms with Gasteiger partial charge in [-0.15, -0.1) is 0 Å². The lowest BCUT2D eigenvalue weighted by Crippen LogP contribution is -2.17. The summed E-state index contributed by atoms with van der Waals surface area (Å²) in [4.78, 5) is 27.8. The number of halogens is 3. The third-order valence-electron chi connectivity index (χ3n) is 5.62. The topological polar surface area (TPSA) is 90.6 Å². The smallest absolute Gasteiger partial charge is 0.434 e. The first-order valence-corrected chi connectivity index (χ1v) is 10.5. The number of nitrogens with one attached hydrogen (secondary N) is 1. The monoisotopic (exact) mass is 480 g/mol. The van der Waals surface area contributed by atoms with Gasteiger partial charge in [0.2, 0.25) is 5.88 Å². The van der Waals surface area contributed by atoms with E-state index in [1.54, 1.807) is 53.4 Å². The van der Waals surface area contributed by atoms with Gasteiger partial charge in [-0.3, -0.25) is 9.55 Å². The second kappa shape index (κ2) is 8.42. The number of hydrogen-bond donors (Lipinski definition) is 1. The number of imidazole rings is 2. The van der Waals surface area contributed by atoms with Crippen molar-refractivity contribution in [3.63, 3.8) is 0 Å². The van der Waals surface area contributed by atoms with Crippen LogP contribution < -0.4 is 10.4 Å². The summed E-state index contributed by atoms with van der Waals surface area (Å²) < 4.78 is 47.0. The van der Waals surface area contributed by atoms with Gasteiger partial charge in [0.1, 0.15) is 5.82 Å². The molecule has 5 aromatic rings. The van der Waals surface area contributed by atoms with Crippen molar-refractivity contribution in [3.05, 3.63) is 82.8 Å². The molecule has 0 spiro atoms. The van der Waals surface area contributed by atoms with Gasteiger partial charge in [0, 0.05) is 36.6 Å². The lowest BCUT2D eigenvalue weighted by Gasteiger charge is -2.07. The molecule has 0 bridgehead atoms. The molecule has 0 aliphatic rings. The van der Waals surface area contributed by atoms with E-state index in [-0.39, 0.29) is 18.1 Å². The van der Waals surface area contributed by atoms with E-state index in [1.165, 1.54) is 18.7 Å². The summed E-state index contributed by atoms with van der Waals surface area (Å²) in [6, 6.07) is 12.3. The van der Waals surface area contributed by atoms with Crippen molar-refractivity contribution in [1.82, 2.24) is 29.1 Å². The summed E-state index contributed by atoms with van der Waals surface area (Å²) in [6.45, 7) is 0.262. The normalized spacial score (nSPS) is 11.8. The molecule has 0 radical (unpaired) electrons. The SMILES string of the molecule is COc1ccc(-c2cc3c(cn2)[nH]c(=O)n3Cc2ccc(-c3nc(C(F)(F)F)cn3C)cc2)cn1. The third-order valence-corrected chi connectivity index (χ3v) is 5.62. The Morgan fingerprint density at radius 2 is 1.77 bits per heavy atom. The number of rotatable bonds is 5. The zero-order chi connectivity index (χ0) is 24.7. The Hall–Kier alpha value is -4.41. The van der Waals surface area contributed by atoms with Crippen molar-refractivity contribution in [3.8, 4) is 28.5 Å². The van der Waals surface area contributed by atoms with Gasteiger partial charge in [0.05, 0.1) is 36.6 Å². The molecule has 0 atom stereocenters. The Morgan fingerprint density at radius 3 is 2.40 bits per heavy atom. The first-order valence-electron chi connectivity index (χ1n) is 10.5. The molecular weight excluding hydrogens is 461 g/mol. The Morgan fingerprint density at radius 1 is 1.03 bits per heavy atom. The predicted octanol–water partition coefficient (Wildman–Crippen LogP) is 4.26. The molecule has 0 unspecified atom stereocenters. The lowest BCUT2D eigenvalue weighted by atomic mass is 10.1. The number of alkyl halides is 3. The Bertz CT molecular complexity index is 1560. The number of nitrogens with zero attached hydrogens (tertiary/aromatic N) is 5. The molecule has 35 heavy (non-hydrogen) atoms. The lowest BCUT2D eigenvalue weighted by molar-refractivity contribution is -0.140. The molecule has 11 heteroatoms. The highest BCUT2D eigenvalue weighted by Crippen LogP contribution is 2.30. The Labute approximate surface area is 196 Å². The zero-order valence-corrected chi connectivity index (χ0v) is 18.7. The molecule has 0 amide bonds. The average Bonchev–Trinajstić information content (AvgIpc) is 3.39. The molecule has 0 saturated heterocycles. The second-order valence-electron chi connectivity index (χ2n) is 7.95. The molecule has 0 aliphatic heterocycles. The van der Waals surface area contributed by atoms with Crippen molar-refractivity contribution in [1.29, 1.82) is 0 Å². The third kappa shape index (κ3) is 4.27. The molecule has 1 aromatic carbocycles. The van der Waals surface area contributed by atoms with Crippen LogP contribution in [0.4, 0.5) is 13.2 Å². The first kappa shape index (κ1) is 22.4. The van der Waals surface area contributed by atoms with E-state index in [0.717, 1.165) is 17.3 Å². The standard InChI is InChI=1S/C24H19F3N6O2/c1-32-13-20(24(25,26)27)31-22(32)15-5-3-14(4-6-15)12-33-19-9-17(28-11-18(19)30-23(33)34)16-7-8-21(35-2)29-10-16/h3-11,13H,12H2,1-2H3,(H,30,34). The number of aryl methyl sites for hydroxylation is 1.